The van der Waals surface area contributed by atoms with E-state index in [2.05, 4.69) is 4.99 Å². The number of hydrogen-bond acceptors (Lipinski definition) is 1. The number of alkyl halides is 2. The average molecular weight is 255 g/mol. The van der Waals surface area contributed by atoms with Gasteiger partial charge in [0.1, 0.15) is 0 Å². The van der Waals surface area contributed by atoms with Crippen LogP contribution in [0.25, 0.3) is 0 Å². The standard InChI is InChI=1S/C13H19F2N3/c1-17(2)13(18(3)4)16-9-10-5-7-11(8-6-10)12(14)15/h5-8,12H,9H2,1-4H3. The predicted molar refractivity (Wildman–Crippen MR) is 69.9 cm³/mol. The van der Waals surface area contributed by atoms with E-state index >= 15 is 0 Å². The number of hydrogen-bond donors (Lipinski definition) is 0. The fourth-order valence-corrected chi connectivity index (χ4v) is 1.61. The second-order valence-electron chi connectivity index (χ2n) is 4.45. The van der Waals surface area contributed by atoms with E-state index in [-0.39, 0.29) is 5.56 Å². The quantitative estimate of drug-likeness (QED) is 0.610. The van der Waals surface area contributed by atoms with E-state index in [4.69, 9.17) is 0 Å². The summed E-state index contributed by atoms with van der Waals surface area (Å²) < 4.78 is 24.8. The van der Waals surface area contributed by atoms with Crippen LogP contribution >= 0.6 is 0 Å². The minimum absolute atomic E-state index is 0.0446. The summed E-state index contributed by atoms with van der Waals surface area (Å²) in [6.07, 6.45) is -2.42. The first-order valence-corrected chi connectivity index (χ1v) is 5.68. The first-order chi connectivity index (χ1) is 8.41. The Morgan fingerprint density at radius 1 is 1.06 bits per heavy atom. The smallest absolute Gasteiger partial charge is 0.263 e. The van der Waals surface area contributed by atoms with Gasteiger partial charge in [-0.05, 0) is 5.56 Å². The molecule has 0 saturated heterocycles. The normalized spacial score (nSPS) is 10.4. The van der Waals surface area contributed by atoms with E-state index in [1.807, 2.05) is 38.0 Å². The molecule has 1 rings (SSSR count). The van der Waals surface area contributed by atoms with Crippen LogP contribution in [-0.4, -0.2) is 44.0 Å². The summed E-state index contributed by atoms with van der Waals surface area (Å²) in [6, 6.07) is 6.27. The molecular weight excluding hydrogens is 236 g/mol. The first kappa shape index (κ1) is 14.4. The monoisotopic (exact) mass is 255 g/mol. The van der Waals surface area contributed by atoms with Crippen LogP contribution in [0.2, 0.25) is 0 Å². The molecule has 0 radical (unpaired) electrons. The van der Waals surface area contributed by atoms with Gasteiger partial charge in [0.05, 0.1) is 6.54 Å². The van der Waals surface area contributed by atoms with Gasteiger partial charge in [0.2, 0.25) is 0 Å². The van der Waals surface area contributed by atoms with Gasteiger partial charge in [-0.2, -0.15) is 0 Å². The van der Waals surface area contributed by atoms with Gasteiger partial charge in [-0.1, -0.05) is 24.3 Å². The zero-order chi connectivity index (χ0) is 13.7. The molecular formula is C13H19F2N3. The molecule has 0 amide bonds. The lowest BCUT2D eigenvalue weighted by molar-refractivity contribution is 0.151. The van der Waals surface area contributed by atoms with Crippen molar-refractivity contribution in [2.45, 2.75) is 13.0 Å². The minimum atomic E-state index is -2.42. The third-order valence-corrected chi connectivity index (χ3v) is 2.43. The zero-order valence-electron chi connectivity index (χ0n) is 11.2. The van der Waals surface area contributed by atoms with Crippen LogP contribution in [0.1, 0.15) is 17.6 Å². The molecule has 0 aromatic heterocycles. The number of aliphatic imine (C=N–C) groups is 1. The summed E-state index contributed by atoms with van der Waals surface area (Å²) in [7, 11) is 7.66. The minimum Gasteiger partial charge on any atom is -0.349 e. The summed E-state index contributed by atoms with van der Waals surface area (Å²) in [5.41, 5.74) is 0.962. The highest BCUT2D eigenvalue weighted by atomic mass is 19.3. The molecule has 0 heterocycles. The van der Waals surface area contributed by atoms with Crippen LogP contribution < -0.4 is 0 Å². The molecule has 0 fully saturated rings. The molecule has 0 unspecified atom stereocenters. The third-order valence-electron chi connectivity index (χ3n) is 2.43. The average Bonchev–Trinajstić information content (AvgIpc) is 2.28. The molecule has 100 valence electrons. The molecule has 1 aromatic carbocycles. The van der Waals surface area contributed by atoms with Crippen LogP contribution in [0.15, 0.2) is 29.3 Å². The lowest BCUT2D eigenvalue weighted by Gasteiger charge is -2.22. The van der Waals surface area contributed by atoms with E-state index < -0.39 is 6.43 Å². The Kier molecular flexibility index (Phi) is 5.07. The molecule has 5 heteroatoms. The Balaban J connectivity index is 2.75. The fourth-order valence-electron chi connectivity index (χ4n) is 1.61. The van der Waals surface area contributed by atoms with Crippen molar-refractivity contribution in [1.82, 2.24) is 9.80 Å². The maximum absolute atomic E-state index is 12.4. The van der Waals surface area contributed by atoms with E-state index in [9.17, 15) is 8.78 Å². The second-order valence-corrected chi connectivity index (χ2v) is 4.45. The number of benzene rings is 1. The highest BCUT2D eigenvalue weighted by Crippen LogP contribution is 2.18. The number of guanidine groups is 1. The third kappa shape index (κ3) is 3.98. The Morgan fingerprint density at radius 3 is 1.94 bits per heavy atom. The fraction of sp³-hybridized carbons (Fsp3) is 0.462. The number of halogens is 2. The van der Waals surface area contributed by atoms with Crippen LogP contribution in [0.4, 0.5) is 8.78 Å². The maximum atomic E-state index is 12.4. The molecule has 0 bridgehead atoms. The predicted octanol–water partition coefficient (Wildman–Crippen LogP) is 2.60. The van der Waals surface area contributed by atoms with Gasteiger partial charge in [0.15, 0.2) is 5.96 Å². The van der Waals surface area contributed by atoms with Crippen molar-refractivity contribution in [3.63, 3.8) is 0 Å². The van der Waals surface area contributed by atoms with E-state index in [1.54, 1.807) is 12.1 Å². The van der Waals surface area contributed by atoms with Crippen molar-refractivity contribution in [2.75, 3.05) is 28.2 Å². The van der Waals surface area contributed by atoms with Crippen molar-refractivity contribution < 1.29 is 8.78 Å². The topological polar surface area (TPSA) is 18.8 Å². The molecule has 0 aliphatic heterocycles. The summed E-state index contributed by atoms with van der Waals surface area (Å²) in [4.78, 5) is 8.27. The largest absolute Gasteiger partial charge is 0.349 e. The first-order valence-electron chi connectivity index (χ1n) is 5.68. The van der Waals surface area contributed by atoms with Gasteiger partial charge >= 0.3 is 0 Å². The molecule has 18 heavy (non-hydrogen) atoms. The van der Waals surface area contributed by atoms with Crippen LogP contribution in [-0.2, 0) is 6.54 Å². The summed E-state index contributed by atoms with van der Waals surface area (Å²) >= 11 is 0. The lowest BCUT2D eigenvalue weighted by Crippen LogP contribution is -2.35. The van der Waals surface area contributed by atoms with Gasteiger partial charge in [0, 0.05) is 33.8 Å². The van der Waals surface area contributed by atoms with Gasteiger partial charge in [-0.3, -0.25) is 0 Å². The Bertz CT molecular complexity index is 387. The highest BCUT2D eigenvalue weighted by molar-refractivity contribution is 5.79. The number of nitrogens with zero attached hydrogens (tertiary/aromatic N) is 3. The van der Waals surface area contributed by atoms with Crippen LogP contribution in [0.5, 0.6) is 0 Å². The zero-order valence-corrected chi connectivity index (χ0v) is 11.2. The highest BCUT2D eigenvalue weighted by Gasteiger charge is 2.06. The molecule has 0 aliphatic rings. The number of rotatable bonds is 3. The second kappa shape index (κ2) is 6.33. The van der Waals surface area contributed by atoms with Crippen LogP contribution in [0.3, 0.4) is 0 Å². The van der Waals surface area contributed by atoms with Crippen molar-refractivity contribution in [2.24, 2.45) is 4.99 Å². The van der Waals surface area contributed by atoms with E-state index in [0.717, 1.165) is 11.5 Å². The van der Waals surface area contributed by atoms with E-state index in [1.165, 1.54) is 12.1 Å². The molecule has 0 atom stereocenters. The van der Waals surface area contributed by atoms with Crippen molar-refractivity contribution in [1.29, 1.82) is 0 Å². The summed E-state index contributed by atoms with van der Waals surface area (Å²) in [6.45, 7) is 0.481. The molecule has 3 nitrogen and oxygen atoms in total. The summed E-state index contributed by atoms with van der Waals surface area (Å²) in [5.74, 6) is 0.841. The van der Waals surface area contributed by atoms with Gasteiger partial charge in [0.25, 0.3) is 6.43 Å². The molecule has 0 saturated carbocycles. The Morgan fingerprint density at radius 2 is 1.56 bits per heavy atom. The SMILES string of the molecule is CN(C)C(=NCc1ccc(C(F)F)cc1)N(C)C. The molecule has 0 spiro atoms. The van der Waals surface area contributed by atoms with Crippen LogP contribution in [0, 0.1) is 0 Å². The Labute approximate surface area is 107 Å². The molecule has 0 aliphatic carbocycles. The van der Waals surface area contributed by atoms with Crippen molar-refractivity contribution in [3.05, 3.63) is 35.4 Å². The van der Waals surface area contributed by atoms with Gasteiger partial charge in [-0.15, -0.1) is 0 Å². The lowest BCUT2D eigenvalue weighted by atomic mass is 10.1. The summed E-state index contributed by atoms with van der Waals surface area (Å²) in [5, 5.41) is 0. The van der Waals surface area contributed by atoms with Crippen molar-refractivity contribution in [3.8, 4) is 0 Å². The molecule has 1 aromatic rings. The maximum Gasteiger partial charge on any atom is 0.263 e. The Hall–Kier alpha value is -1.65. The van der Waals surface area contributed by atoms with Gasteiger partial charge in [-0.25, -0.2) is 13.8 Å². The van der Waals surface area contributed by atoms with Crippen molar-refractivity contribution >= 4 is 5.96 Å². The van der Waals surface area contributed by atoms with Gasteiger partial charge < -0.3 is 9.80 Å². The molecule has 0 N–H and O–H groups in total. The van der Waals surface area contributed by atoms with E-state index in [0.29, 0.717) is 6.54 Å².